The summed E-state index contributed by atoms with van der Waals surface area (Å²) in [6, 6.07) is 0. The highest BCUT2D eigenvalue weighted by molar-refractivity contribution is 4.94. The molecule has 0 nitrogen and oxygen atoms in total. The van der Waals surface area contributed by atoms with Gasteiger partial charge in [-0.05, 0) is 33.6 Å². The van der Waals surface area contributed by atoms with Crippen LogP contribution in [0, 0.1) is 0 Å². The molecule has 100 valence electrons. The predicted molar refractivity (Wildman–Crippen MR) is 82.1 cm³/mol. The molecule has 0 aliphatic heterocycles. The Morgan fingerprint density at radius 3 is 1.62 bits per heavy atom. The molecule has 0 fully saturated rings. The average Bonchev–Trinajstić information content (AvgIpc) is 2.35. The van der Waals surface area contributed by atoms with Crippen LogP contribution in [-0.4, -0.2) is 0 Å². The molecule has 0 aromatic heterocycles. The van der Waals surface area contributed by atoms with Gasteiger partial charge in [0.05, 0.1) is 0 Å². The quantitative estimate of drug-likeness (QED) is 0.367. The maximum atomic E-state index is 3.36. The van der Waals surface area contributed by atoms with Gasteiger partial charge in [0.25, 0.3) is 0 Å². The number of allylic oxidation sites excluding steroid dienone is 3. The minimum atomic E-state index is 1.30. The molecular weight excluding hydrogens is 192 g/mol. The Labute approximate surface area is 106 Å². The Kier molecular flexibility index (Phi) is 56.3. The summed E-state index contributed by atoms with van der Waals surface area (Å²) < 4.78 is 0. The summed E-state index contributed by atoms with van der Waals surface area (Å²) in [7, 11) is 0. The first-order valence-corrected chi connectivity index (χ1v) is 6.91. The molecule has 0 saturated heterocycles. The van der Waals surface area contributed by atoms with E-state index in [1.807, 2.05) is 34.6 Å². The SMILES string of the molecule is C/C=C(\C)CCCCC.C=CC.CC.CC. The Morgan fingerprint density at radius 2 is 1.38 bits per heavy atom. The summed E-state index contributed by atoms with van der Waals surface area (Å²) in [6.45, 7) is 19.8. The lowest BCUT2D eigenvalue weighted by molar-refractivity contribution is 0.713. The molecule has 0 aromatic rings. The van der Waals surface area contributed by atoms with Crippen molar-refractivity contribution >= 4 is 0 Å². The molecule has 0 heterocycles. The van der Waals surface area contributed by atoms with E-state index in [0.717, 1.165) is 0 Å². The third-order valence-corrected chi connectivity index (χ3v) is 1.67. The minimum absolute atomic E-state index is 1.30. The zero-order chi connectivity index (χ0) is 13.8. The molecule has 0 amide bonds. The second kappa shape index (κ2) is 36.6. The Bertz CT molecular complexity index is 109. The highest BCUT2D eigenvalue weighted by atomic mass is 13.9. The van der Waals surface area contributed by atoms with Crippen molar-refractivity contribution in [3.05, 3.63) is 24.3 Å². The van der Waals surface area contributed by atoms with Crippen molar-refractivity contribution in [1.29, 1.82) is 0 Å². The first kappa shape index (κ1) is 24.6. The van der Waals surface area contributed by atoms with Gasteiger partial charge in [-0.1, -0.05) is 65.2 Å². The fraction of sp³-hybridized carbons (Fsp3) is 0.750. The lowest BCUT2D eigenvalue weighted by atomic mass is 10.1. The van der Waals surface area contributed by atoms with E-state index in [0.29, 0.717) is 0 Å². The highest BCUT2D eigenvalue weighted by Crippen LogP contribution is 2.06. The number of hydrogen-bond donors (Lipinski definition) is 0. The molecule has 0 bridgehead atoms. The number of hydrogen-bond acceptors (Lipinski definition) is 0. The van der Waals surface area contributed by atoms with Gasteiger partial charge in [0, 0.05) is 0 Å². The van der Waals surface area contributed by atoms with Crippen LogP contribution in [0.2, 0.25) is 0 Å². The zero-order valence-electron chi connectivity index (χ0n) is 13.2. The number of rotatable bonds is 4. The maximum absolute atomic E-state index is 3.36. The topological polar surface area (TPSA) is 0 Å². The van der Waals surface area contributed by atoms with Crippen LogP contribution >= 0.6 is 0 Å². The third-order valence-electron chi connectivity index (χ3n) is 1.67. The van der Waals surface area contributed by atoms with Crippen molar-refractivity contribution in [3.8, 4) is 0 Å². The van der Waals surface area contributed by atoms with E-state index in [4.69, 9.17) is 0 Å². The van der Waals surface area contributed by atoms with Gasteiger partial charge in [-0.25, -0.2) is 0 Å². The van der Waals surface area contributed by atoms with Gasteiger partial charge in [-0.15, -0.1) is 6.58 Å². The first-order chi connectivity index (χ1) is 7.72. The second-order valence-electron chi connectivity index (χ2n) is 3.00. The standard InChI is InChI=1S/C9H18.C3H6.2C2H6/c1-4-6-7-8-9(3)5-2;1-3-2;2*1-2/h5H,4,6-8H2,1-3H3;3H,1H2,2H3;2*1-2H3/b9-5+;;;. The first-order valence-electron chi connectivity index (χ1n) is 6.91. The van der Waals surface area contributed by atoms with Crippen molar-refractivity contribution in [3.63, 3.8) is 0 Å². The largest absolute Gasteiger partial charge is 0.103 e. The minimum Gasteiger partial charge on any atom is -0.103 e. The van der Waals surface area contributed by atoms with Gasteiger partial charge < -0.3 is 0 Å². The molecule has 0 aliphatic carbocycles. The van der Waals surface area contributed by atoms with Crippen LogP contribution in [0.15, 0.2) is 24.3 Å². The van der Waals surface area contributed by atoms with E-state index in [2.05, 4.69) is 33.4 Å². The Balaban J connectivity index is -0.0000000864. The van der Waals surface area contributed by atoms with Crippen molar-refractivity contribution < 1.29 is 0 Å². The summed E-state index contributed by atoms with van der Waals surface area (Å²) in [6.07, 6.45) is 9.33. The second-order valence-corrected chi connectivity index (χ2v) is 3.00. The Morgan fingerprint density at radius 1 is 1.00 bits per heavy atom. The van der Waals surface area contributed by atoms with E-state index in [-0.39, 0.29) is 0 Å². The maximum Gasteiger partial charge on any atom is -0.0323 e. The molecule has 0 radical (unpaired) electrons. The van der Waals surface area contributed by atoms with E-state index in [1.165, 1.54) is 31.3 Å². The van der Waals surface area contributed by atoms with Gasteiger partial charge in [0.1, 0.15) is 0 Å². The molecule has 0 rings (SSSR count). The zero-order valence-corrected chi connectivity index (χ0v) is 13.2. The van der Waals surface area contributed by atoms with Crippen LogP contribution in [-0.2, 0) is 0 Å². The number of unbranched alkanes of at least 4 members (excludes halogenated alkanes) is 2. The predicted octanol–water partition coefficient (Wildman–Crippen LogP) is 6.78. The summed E-state index contributed by atoms with van der Waals surface area (Å²) in [5.41, 5.74) is 1.53. The lowest BCUT2D eigenvalue weighted by Crippen LogP contribution is -1.76. The highest BCUT2D eigenvalue weighted by Gasteiger charge is 1.86. The monoisotopic (exact) mass is 228 g/mol. The van der Waals surface area contributed by atoms with Gasteiger partial charge in [-0.2, -0.15) is 0 Å². The van der Waals surface area contributed by atoms with E-state index in [1.54, 1.807) is 6.08 Å². The normalized spacial score (nSPS) is 8.38. The van der Waals surface area contributed by atoms with Crippen LogP contribution < -0.4 is 0 Å². The lowest BCUT2D eigenvalue weighted by Gasteiger charge is -1.96. The van der Waals surface area contributed by atoms with Crippen LogP contribution in [0.4, 0.5) is 0 Å². The molecule has 0 aromatic carbocycles. The van der Waals surface area contributed by atoms with Crippen molar-refractivity contribution in [2.45, 2.75) is 81.1 Å². The molecule has 0 spiro atoms. The van der Waals surface area contributed by atoms with E-state index < -0.39 is 0 Å². The third kappa shape index (κ3) is 50.0. The van der Waals surface area contributed by atoms with Crippen LogP contribution in [0.1, 0.15) is 81.1 Å². The van der Waals surface area contributed by atoms with Gasteiger partial charge in [-0.3, -0.25) is 0 Å². The van der Waals surface area contributed by atoms with Crippen molar-refractivity contribution in [2.75, 3.05) is 0 Å². The fourth-order valence-electron chi connectivity index (χ4n) is 0.798. The van der Waals surface area contributed by atoms with E-state index >= 15 is 0 Å². The molecule has 0 saturated carbocycles. The fourth-order valence-corrected chi connectivity index (χ4v) is 0.798. The molecule has 0 atom stereocenters. The van der Waals surface area contributed by atoms with Gasteiger partial charge >= 0.3 is 0 Å². The average molecular weight is 228 g/mol. The molecule has 0 N–H and O–H groups in total. The summed E-state index contributed by atoms with van der Waals surface area (Å²) in [5.74, 6) is 0. The van der Waals surface area contributed by atoms with Crippen molar-refractivity contribution in [1.82, 2.24) is 0 Å². The van der Waals surface area contributed by atoms with Gasteiger partial charge in [0.2, 0.25) is 0 Å². The smallest absolute Gasteiger partial charge is 0.0323 e. The van der Waals surface area contributed by atoms with Crippen LogP contribution in [0.3, 0.4) is 0 Å². The molecule has 16 heavy (non-hydrogen) atoms. The molecule has 0 heteroatoms. The molecular formula is C16H36. The van der Waals surface area contributed by atoms with Gasteiger partial charge in [0.15, 0.2) is 0 Å². The van der Waals surface area contributed by atoms with Crippen molar-refractivity contribution in [2.24, 2.45) is 0 Å². The summed E-state index contributed by atoms with van der Waals surface area (Å²) >= 11 is 0. The van der Waals surface area contributed by atoms with Crippen LogP contribution in [0.25, 0.3) is 0 Å². The summed E-state index contributed by atoms with van der Waals surface area (Å²) in [5, 5.41) is 0. The van der Waals surface area contributed by atoms with Crippen LogP contribution in [0.5, 0.6) is 0 Å². The summed E-state index contributed by atoms with van der Waals surface area (Å²) in [4.78, 5) is 0. The Hall–Kier alpha value is -0.520. The molecule has 0 aliphatic rings. The van der Waals surface area contributed by atoms with E-state index in [9.17, 15) is 0 Å². The molecule has 0 unspecified atom stereocenters.